The van der Waals surface area contributed by atoms with Crippen LogP contribution in [0.5, 0.6) is 0 Å². The molecule has 0 unspecified atom stereocenters. The van der Waals surface area contributed by atoms with Gasteiger partial charge >= 0.3 is 5.97 Å². The van der Waals surface area contributed by atoms with Crippen molar-refractivity contribution < 1.29 is 9.90 Å². The van der Waals surface area contributed by atoms with Gasteiger partial charge in [-0.3, -0.25) is 0 Å². The van der Waals surface area contributed by atoms with E-state index >= 15 is 0 Å². The first-order valence-electron chi connectivity index (χ1n) is 2.69. The van der Waals surface area contributed by atoms with Crippen LogP contribution in [0.25, 0.3) is 0 Å². The van der Waals surface area contributed by atoms with Crippen LogP contribution in [-0.4, -0.2) is 16.1 Å². The van der Waals surface area contributed by atoms with Gasteiger partial charge in [-0.25, -0.2) is 4.79 Å². The minimum absolute atomic E-state index is 0.275. The van der Waals surface area contributed by atoms with Crippen LogP contribution in [0.4, 0.5) is 0 Å². The fourth-order valence-corrected chi connectivity index (χ4v) is 1.31. The van der Waals surface area contributed by atoms with Crippen LogP contribution in [0.1, 0.15) is 16.1 Å². The third-order valence-electron chi connectivity index (χ3n) is 1.13. The quantitative estimate of drug-likeness (QED) is 0.732. The molecule has 0 bridgehead atoms. The summed E-state index contributed by atoms with van der Waals surface area (Å²) in [6.45, 7) is 1.80. The zero-order valence-corrected chi connectivity index (χ0v) is 6.90. The molecule has 0 aliphatic heterocycles. The number of aryl methyl sites for hydroxylation is 1. The van der Waals surface area contributed by atoms with E-state index in [0.29, 0.717) is 4.60 Å². The average molecular weight is 204 g/mol. The third kappa shape index (κ3) is 1.21. The van der Waals surface area contributed by atoms with E-state index in [1.165, 1.54) is 0 Å². The molecule has 0 amide bonds. The lowest BCUT2D eigenvalue weighted by molar-refractivity contribution is 0.0696. The summed E-state index contributed by atoms with van der Waals surface area (Å²) in [6, 6.07) is 1.58. The summed E-state index contributed by atoms with van der Waals surface area (Å²) >= 11 is 3.08. The minimum atomic E-state index is -0.920. The number of carboxylic acids is 1. The zero-order chi connectivity index (χ0) is 7.72. The number of nitrogens with one attached hydrogen (secondary N) is 1. The topological polar surface area (TPSA) is 53.1 Å². The maximum atomic E-state index is 10.4. The van der Waals surface area contributed by atoms with Crippen LogP contribution in [0.2, 0.25) is 0 Å². The van der Waals surface area contributed by atoms with Crippen molar-refractivity contribution in [3.05, 3.63) is 21.9 Å². The Morgan fingerprint density at radius 3 is 2.60 bits per heavy atom. The van der Waals surface area contributed by atoms with Gasteiger partial charge in [0, 0.05) is 5.69 Å². The second-order valence-corrected chi connectivity index (χ2v) is 2.78. The van der Waals surface area contributed by atoms with Crippen molar-refractivity contribution in [2.45, 2.75) is 6.92 Å². The van der Waals surface area contributed by atoms with Crippen molar-refractivity contribution in [1.82, 2.24) is 4.98 Å². The van der Waals surface area contributed by atoms with E-state index in [-0.39, 0.29) is 5.56 Å². The molecule has 2 N–H and O–H groups in total. The number of carboxylic acid groups (broad SMARTS) is 1. The van der Waals surface area contributed by atoms with Gasteiger partial charge in [-0.05, 0) is 28.9 Å². The third-order valence-corrected chi connectivity index (χ3v) is 1.76. The molecule has 0 atom stereocenters. The molecule has 3 nitrogen and oxygen atoms in total. The number of rotatable bonds is 1. The van der Waals surface area contributed by atoms with E-state index in [1.54, 1.807) is 13.0 Å². The normalized spacial score (nSPS) is 9.80. The molecular weight excluding hydrogens is 198 g/mol. The highest BCUT2D eigenvalue weighted by Crippen LogP contribution is 2.16. The van der Waals surface area contributed by atoms with E-state index < -0.39 is 5.97 Å². The lowest BCUT2D eigenvalue weighted by atomic mass is 10.3. The van der Waals surface area contributed by atoms with Crippen LogP contribution < -0.4 is 0 Å². The standard InChI is InChI=1S/C6H6BrNO2/c1-3-2-4(6(9)10)5(7)8-3/h2,8H,1H3,(H,9,10). The van der Waals surface area contributed by atoms with Gasteiger partial charge in [0.1, 0.15) is 0 Å². The first-order chi connectivity index (χ1) is 4.61. The molecule has 4 heteroatoms. The van der Waals surface area contributed by atoms with Crippen molar-refractivity contribution >= 4 is 21.9 Å². The Labute approximate surface area is 66.2 Å². The first kappa shape index (κ1) is 7.34. The van der Waals surface area contributed by atoms with E-state index in [2.05, 4.69) is 20.9 Å². The monoisotopic (exact) mass is 203 g/mol. The van der Waals surface area contributed by atoms with Crippen molar-refractivity contribution in [3.63, 3.8) is 0 Å². The molecule has 1 heterocycles. The highest BCUT2D eigenvalue weighted by atomic mass is 79.9. The van der Waals surface area contributed by atoms with Gasteiger partial charge in [0.2, 0.25) is 0 Å². The van der Waals surface area contributed by atoms with Crippen molar-refractivity contribution in [2.75, 3.05) is 0 Å². The second-order valence-electron chi connectivity index (χ2n) is 1.99. The predicted octanol–water partition coefficient (Wildman–Crippen LogP) is 1.78. The number of carbonyl (C=O) groups is 1. The number of aromatic amines is 1. The highest BCUT2D eigenvalue weighted by Gasteiger charge is 2.09. The van der Waals surface area contributed by atoms with Crippen LogP contribution in [-0.2, 0) is 0 Å². The maximum absolute atomic E-state index is 10.4. The molecule has 10 heavy (non-hydrogen) atoms. The summed E-state index contributed by atoms with van der Waals surface area (Å²) in [6.07, 6.45) is 0. The number of aromatic nitrogens is 1. The van der Waals surface area contributed by atoms with E-state index in [9.17, 15) is 4.79 Å². The summed E-state index contributed by atoms with van der Waals surface area (Å²) in [7, 11) is 0. The molecule has 0 saturated carbocycles. The maximum Gasteiger partial charge on any atom is 0.338 e. The Morgan fingerprint density at radius 2 is 2.40 bits per heavy atom. The van der Waals surface area contributed by atoms with E-state index in [4.69, 9.17) is 5.11 Å². The molecule has 0 saturated heterocycles. The number of aromatic carboxylic acids is 1. The first-order valence-corrected chi connectivity index (χ1v) is 3.49. The molecule has 54 valence electrons. The smallest absolute Gasteiger partial charge is 0.338 e. The predicted molar refractivity (Wildman–Crippen MR) is 40.2 cm³/mol. The fourth-order valence-electron chi connectivity index (χ4n) is 0.712. The molecule has 0 aliphatic carbocycles. The summed E-state index contributed by atoms with van der Waals surface area (Å²) in [5, 5.41) is 8.53. The largest absolute Gasteiger partial charge is 0.478 e. The Kier molecular flexibility index (Phi) is 1.80. The summed E-state index contributed by atoms with van der Waals surface area (Å²) in [5.74, 6) is -0.920. The number of H-pyrrole nitrogens is 1. The summed E-state index contributed by atoms with van der Waals surface area (Å²) < 4.78 is 0.525. The lowest BCUT2D eigenvalue weighted by Gasteiger charge is -1.85. The van der Waals surface area contributed by atoms with Gasteiger partial charge in [-0.1, -0.05) is 0 Å². The SMILES string of the molecule is Cc1cc(C(=O)O)c(Br)[nH]1. The van der Waals surface area contributed by atoms with Crippen LogP contribution in [0.3, 0.4) is 0 Å². The Morgan fingerprint density at radius 1 is 1.80 bits per heavy atom. The lowest BCUT2D eigenvalue weighted by Crippen LogP contribution is -1.93. The van der Waals surface area contributed by atoms with Gasteiger partial charge in [-0.15, -0.1) is 0 Å². The Balaban J connectivity index is 3.15. The van der Waals surface area contributed by atoms with Crippen LogP contribution in [0, 0.1) is 6.92 Å². The zero-order valence-electron chi connectivity index (χ0n) is 5.31. The van der Waals surface area contributed by atoms with Crippen LogP contribution >= 0.6 is 15.9 Å². The second kappa shape index (κ2) is 2.46. The van der Waals surface area contributed by atoms with Gasteiger partial charge in [-0.2, -0.15) is 0 Å². The summed E-state index contributed by atoms with van der Waals surface area (Å²) in [4.78, 5) is 13.2. The number of halogens is 1. The van der Waals surface area contributed by atoms with E-state index in [0.717, 1.165) is 5.69 Å². The number of hydrogen-bond acceptors (Lipinski definition) is 1. The molecule has 0 spiro atoms. The average Bonchev–Trinajstić information content (AvgIpc) is 2.10. The Bertz CT molecular complexity index is 267. The molecular formula is C6H6BrNO2. The number of hydrogen-bond donors (Lipinski definition) is 2. The van der Waals surface area contributed by atoms with Crippen molar-refractivity contribution in [2.24, 2.45) is 0 Å². The highest BCUT2D eigenvalue weighted by molar-refractivity contribution is 9.10. The molecule has 1 aromatic rings. The molecule has 0 aromatic carbocycles. The van der Waals surface area contributed by atoms with Crippen LogP contribution in [0.15, 0.2) is 10.7 Å². The minimum Gasteiger partial charge on any atom is -0.478 e. The molecule has 0 fully saturated rings. The summed E-state index contributed by atoms with van der Waals surface area (Å²) in [5.41, 5.74) is 1.11. The fraction of sp³-hybridized carbons (Fsp3) is 0.167. The molecule has 1 rings (SSSR count). The molecule has 1 aromatic heterocycles. The molecule has 0 radical (unpaired) electrons. The van der Waals surface area contributed by atoms with Gasteiger partial charge in [0.25, 0.3) is 0 Å². The molecule has 0 aliphatic rings. The van der Waals surface area contributed by atoms with Gasteiger partial charge < -0.3 is 10.1 Å². The Hall–Kier alpha value is -0.770. The van der Waals surface area contributed by atoms with Crippen molar-refractivity contribution in [3.8, 4) is 0 Å². The van der Waals surface area contributed by atoms with E-state index in [1.807, 2.05) is 0 Å². The van der Waals surface area contributed by atoms with Crippen molar-refractivity contribution in [1.29, 1.82) is 0 Å². The van der Waals surface area contributed by atoms with Gasteiger partial charge in [0.15, 0.2) is 0 Å². The van der Waals surface area contributed by atoms with Gasteiger partial charge in [0.05, 0.1) is 10.2 Å².